The number of allylic oxidation sites excluding steroid dienone is 5. The molecule has 2 aliphatic heterocycles. The van der Waals surface area contributed by atoms with Crippen molar-refractivity contribution in [2.24, 2.45) is 17.8 Å². The van der Waals surface area contributed by atoms with Crippen LogP contribution in [0, 0.1) is 17.8 Å². The molecular formula is C21H32O3. The summed E-state index contributed by atoms with van der Waals surface area (Å²) >= 11 is 0. The van der Waals surface area contributed by atoms with Crippen LogP contribution >= 0.6 is 0 Å². The number of hydrogen-bond acceptors (Lipinski definition) is 3. The van der Waals surface area contributed by atoms with Crippen LogP contribution in [0.15, 0.2) is 34.9 Å². The van der Waals surface area contributed by atoms with Crippen molar-refractivity contribution in [1.29, 1.82) is 0 Å². The lowest BCUT2D eigenvalue weighted by Crippen LogP contribution is -2.40. The Morgan fingerprint density at radius 1 is 1.33 bits per heavy atom. The molecule has 0 bridgehead atoms. The Bertz CT molecular complexity index is 527. The molecule has 0 aromatic heterocycles. The average Bonchev–Trinajstić information content (AvgIpc) is 2.93. The van der Waals surface area contributed by atoms with Crippen LogP contribution in [0.25, 0.3) is 0 Å². The first-order valence-electron chi connectivity index (χ1n) is 9.39. The van der Waals surface area contributed by atoms with Gasteiger partial charge < -0.3 is 14.2 Å². The third-order valence-electron chi connectivity index (χ3n) is 5.75. The molecule has 2 saturated heterocycles. The van der Waals surface area contributed by atoms with E-state index in [1.807, 2.05) is 0 Å². The summed E-state index contributed by atoms with van der Waals surface area (Å²) < 4.78 is 17.8. The van der Waals surface area contributed by atoms with Gasteiger partial charge in [-0.3, -0.25) is 0 Å². The fourth-order valence-electron chi connectivity index (χ4n) is 4.44. The number of rotatable bonds is 4. The highest BCUT2D eigenvalue weighted by Gasteiger charge is 2.49. The summed E-state index contributed by atoms with van der Waals surface area (Å²) in [5.41, 5.74) is 4.22. The van der Waals surface area contributed by atoms with E-state index in [2.05, 4.69) is 39.0 Å². The molecule has 0 aromatic rings. The fraction of sp³-hybridized carbons (Fsp3) is 0.714. The van der Waals surface area contributed by atoms with Gasteiger partial charge in [0.1, 0.15) is 0 Å². The molecule has 3 nitrogen and oxygen atoms in total. The van der Waals surface area contributed by atoms with Gasteiger partial charge in [-0.15, -0.1) is 0 Å². The van der Waals surface area contributed by atoms with Gasteiger partial charge >= 0.3 is 0 Å². The van der Waals surface area contributed by atoms with Crippen LogP contribution < -0.4 is 0 Å². The first-order chi connectivity index (χ1) is 11.6. The minimum atomic E-state index is -0.231. The van der Waals surface area contributed by atoms with E-state index in [0.717, 1.165) is 19.4 Å². The molecule has 0 radical (unpaired) electrons. The second-order valence-electron chi connectivity index (χ2n) is 7.74. The summed E-state index contributed by atoms with van der Waals surface area (Å²) in [5.74, 6) is 1.59. The van der Waals surface area contributed by atoms with E-state index < -0.39 is 0 Å². The molecule has 0 aromatic carbocycles. The second-order valence-corrected chi connectivity index (χ2v) is 7.74. The minimum Gasteiger partial charge on any atom is -0.352 e. The van der Waals surface area contributed by atoms with E-state index in [0.29, 0.717) is 17.8 Å². The van der Waals surface area contributed by atoms with E-state index in [1.165, 1.54) is 36.0 Å². The Morgan fingerprint density at radius 3 is 2.92 bits per heavy atom. The van der Waals surface area contributed by atoms with Crippen molar-refractivity contribution in [3.8, 4) is 0 Å². The SMILES string of the molecule is COC1O[C@H]2OC[C@H](CCC=C(C)C)[C@@H]3CCC(C)=CCC=C1[C@@H]23. The number of hydrogen-bond donors (Lipinski definition) is 0. The summed E-state index contributed by atoms with van der Waals surface area (Å²) in [6, 6.07) is 0. The first kappa shape index (κ1) is 17.9. The van der Waals surface area contributed by atoms with Crippen LogP contribution in [-0.4, -0.2) is 26.3 Å². The normalized spacial score (nSPS) is 35.9. The zero-order valence-corrected chi connectivity index (χ0v) is 15.6. The van der Waals surface area contributed by atoms with Crippen molar-refractivity contribution in [3.05, 3.63) is 34.9 Å². The van der Waals surface area contributed by atoms with E-state index >= 15 is 0 Å². The molecule has 24 heavy (non-hydrogen) atoms. The standard InChI is InChI=1S/C21H32O3/c1-14(2)7-5-9-16-13-23-21-19-17(16)12-11-15(3)8-6-10-18(19)20(22-4)24-21/h7-8,10,16-17,19-21H,5-6,9,11-13H2,1-4H3/t16-,17-,19-,20?,21+/m0/s1. The summed E-state index contributed by atoms with van der Waals surface area (Å²) in [4.78, 5) is 0. The number of ether oxygens (including phenoxy) is 3. The molecule has 2 heterocycles. The fourth-order valence-corrected chi connectivity index (χ4v) is 4.44. The number of methoxy groups -OCH3 is 1. The summed E-state index contributed by atoms with van der Waals surface area (Å²) in [7, 11) is 1.73. The largest absolute Gasteiger partial charge is 0.352 e. The molecule has 0 amide bonds. The smallest absolute Gasteiger partial charge is 0.183 e. The molecule has 0 N–H and O–H groups in total. The molecule has 1 aliphatic carbocycles. The van der Waals surface area contributed by atoms with Gasteiger partial charge in [0.15, 0.2) is 12.6 Å². The molecule has 134 valence electrons. The highest BCUT2D eigenvalue weighted by Crippen LogP contribution is 2.48. The Hall–Kier alpha value is -0.900. The van der Waals surface area contributed by atoms with Crippen LogP contribution in [0.3, 0.4) is 0 Å². The van der Waals surface area contributed by atoms with Crippen molar-refractivity contribution in [2.75, 3.05) is 13.7 Å². The summed E-state index contributed by atoms with van der Waals surface area (Å²) in [6.45, 7) is 7.43. The van der Waals surface area contributed by atoms with Gasteiger partial charge in [0, 0.05) is 13.0 Å². The van der Waals surface area contributed by atoms with Crippen LogP contribution in [0.1, 0.15) is 52.9 Å². The lowest BCUT2D eigenvalue weighted by atomic mass is 9.72. The maximum Gasteiger partial charge on any atom is 0.183 e. The quantitative estimate of drug-likeness (QED) is 0.678. The second kappa shape index (κ2) is 7.99. The Kier molecular flexibility index (Phi) is 5.96. The van der Waals surface area contributed by atoms with Gasteiger partial charge in [-0.05, 0) is 70.3 Å². The molecule has 0 spiro atoms. The van der Waals surface area contributed by atoms with E-state index in [4.69, 9.17) is 14.2 Å². The van der Waals surface area contributed by atoms with Crippen LogP contribution in [0.2, 0.25) is 0 Å². The van der Waals surface area contributed by atoms with Crippen LogP contribution in [0.4, 0.5) is 0 Å². The first-order valence-corrected chi connectivity index (χ1v) is 9.39. The van der Waals surface area contributed by atoms with E-state index in [9.17, 15) is 0 Å². The Morgan fingerprint density at radius 2 is 2.17 bits per heavy atom. The highest BCUT2D eigenvalue weighted by molar-refractivity contribution is 5.21. The van der Waals surface area contributed by atoms with Crippen molar-refractivity contribution < 1.29 is 14.2 Å². The third kappa shape index (κ3) is 3.84. The molecule has 1 unspecified atom stereocenters. The Balaban J connectivity index is 1.83. The Labute approximate surface area is 146 Å². The van der Waals surface area contributed by atoms with Crippen molar-refractivity contribution >= 4 is 0 Å². The molecule has 3 heteroatoms. The van der Waals surface area contributed by atoms with Gasteiger partial charge in [0.2, 0.25) is 0 Å². The van der Waals surface area contributed by atoms with Crippen LogP contribution in [-0.2, 0) is 14.2 Å². The maximum absolute atomic E-state index is 6.12. The molecule has 0 saturated carbocycles. The van der Waals surface area contributed by atoms with Gasteiger partial charge in [0.05, 0.1) is 6.61 Å². The zero-order valence-electron chi connectivity index (χ0n) is 15.6. The lowest BCUT2D eigenvalue weighted by molar-refractivity contribution is -0.230. The highest BCUT2D eigenvalue weighted by atomic mass is 16.8. The van der Waals surface area contributed by atoms with Crippen LogP contribution in [0.5, 0.6) is 0 Å². The average molecular weight is 332 g/mol. The van der Waals surface area contributed by atoms with Gasteiger partial charge in [0.25, 0.3) is 0 Å². The van der Waals surface area contributed by atoms with E-state index in [-0.39, 0.29) is 12.6 Å². The molecular weight excluding hydrogens is 300 g/mol. The van der Waals surface area contributed by atoms with E-state index in [1.54, 1.807) is 7.11 Å². The molecule has 3 rings (SSSR count). The predicted molar refractivity (Wildman–Crippen MR) is 96.4 cm³/mol. The third-order valence-corrected chi connectivity index (χ3v) is 5.75. The van der Waals surface area contributed by atoms with Gasteiger partial charge in [-0.2, -0.15) is 0 Å². The molecule has 5 atom stereocenters. The van der Waals surface area contributed by atoms with Crippen molar-refractivity contribution in [1.82, 2.24) is 0 Å². The minimum absolute atomic E-state index is 0.121. The van der Waals surface area contributed by atoms with Crippen molar-refractivity contribution in [2.45, 2.75) is 65.5 Å². The lowest BCUT2D eigenvalue weighted by Gasteiger charge is -2.39. The summed E-state index contributed by atoms with van der Waals surface area (Å²) in [5, 5.41) is 0. The topological polar surface area (TPSA) is 27.7 Å². The maximum atomic E-state index is 6.12. The predicted octanol–water partition coefficient (Wildman–Crippen LogP) is 5.00. The monoisotopic (exact) mass is 332 g/mol. The summed E-state index contributed by atoms with van der Waals surface area (Å²) in [6.07, 6.45) is 12.4. The molecule has 2 fully saturated rings. The molecule has 3 aliphatic rings. The van der Waals surface area contributed by atoms with Crippen molar-refractivity contribution in [3.63, 3.8) is 0 Å². The van der Waals surface area contributed by atoms with Gasteiger partial charge in [-0.1, -0.05) is 29.4 Å². The van der Waals surface area contributed by atoms with Gasteiger partial charge in [-0.25, -0.2) is 0 Å². The zero-order chi connectivity index (χ0) is 17.1.